The monoisotopic (exact) mass is 376 g/mol. The van der Waals surface area contributed by atoms with Gasteiger partial charge >= 0.3 is 0 Å². The molecule has 1 aliphatic rings. The van der Waals surface area contributed by atoms with Crippen molar-refractivity contribution in [3.05, 3.63) is 127 Å². The average Bonchev–Trinajstić information content (AvgIpc) is 2.68. The minimum absolute atomic E-state index is 1.06. The second-order valence-electron chi connectivity index (χ2n) is 8.37. The van der Waals surface area contributed by atoms with Crippen molar-refractivity contribution < 1.29 is 0 Å². The van der Waals surface area contributed by atoms with Gasteiger partial charge in [0.15, 0.2) is 0 Å². The molecule has 0 aromatic heterocycles. The average molecular weight is 377 g/mol. The Kier molecular flexibility index (Phi) is 4.88. The maximum Gasteiger partial charge on any atom is -0.00962 e. The van der Waals surface area contributed by atoms with Crippen LogP contribution in [0, 0.1) is 41.6 Å². The number of rotatable bonds is 2. The van der Waals surface area contributed by atoms with Crippen molar-refractivity contribution in [1.82, 2.24) is 0 Å². The zero-order valence-electron chi connectivity index (χ0n) is 18.1. The number of benzene rings is 3. The Hall–Kier alpha value is -3.12. The summed E-state index contributed by atoms with van der Waals surface area (Å²) in [5.74, 6) is 0. The van der Waals surface area contributed by atoms with Crippen LogP contribution in [-0.4, -0.2) is 0 Å². The Morgan fingerprint density at radius 2 is 1.07 bits per heavy atom. The Morgan fingerprint density at radius 1 is 0.621 bits per heavy atom. The third-order valence-electron chi connectivity index (χ3n) is 5.74. The molecule has 0 nitrogen and oxygen atoms in total. The Balaban J connectivity index is 2.50. The first kappa shape index (κ1) is 19.2. The summed E-state index contributed by atoms with van der Waals surface area (Å²) in [7, 11) is 0. The molecule has 144 valence electrons. The Bertz CT molecular complexity index is 1500. The lowest BCUT2D eigenvalue weighted by Gasteiger charge is -2.11. The summed E-state index contributed by atoms with van der Waals surface area (Å²) in [5.41, 5.74) is 7.47. The molecule has 0 saturated heterocycles. The molecule has 0 amide bonds. The van der Waals surface area contributed by atoms with E-state index < -0.39 is 0 Å². The number of hydrogen-bond acceptors (Lipinski definition) is 0. The number of hydrogen-bond donors (Lipinski definition) is 0. The van der Waals surface area contributed by atoms with Gasteiger partial charge < -0.3 is 0 Å². The molecule has 0 fully saturated rings. The molecule has 3 aromatic rings. The van der Waals surface area contributed by atoms with Crippen LogP contribution in [0.15, 0.2) is 78.9 Å². The smallest absolute Gasteiger partial charge is 0.00962 e. The first-order valence-corrected chi connectivity index (χ1v) is 10.2. The van der Waals surface area contributed by atoms with Crippen molar-refractivity contribution >= 4 is 11.1 Å². The van der Waals surface area contributed by atoms with Gasteiger partial charge in [0.1, 0.15) is 0 Å². The fourth-order valence-electron chi connectivity index (χ4n) is 4.22. The minimum Gasteiger partial charge on any atom is -0.0961 e. The van der Waals surface area contributed by atoms with E-state index in [4.69, 9.17) is 0 Å². The molecule has 0 saturated carbocycles. The van der Waals surface area contributed by atoms with Gasteiger partial charge in [0.05, 0.1) is 0 Å². The highest BCUT2D eigenvalue weighted by atomic mass is 14.1. The molecule has 0 unspecified atom stereocenters. The molecule has 3 aromatic carbocycles. The molecule has 0 spiro atoms. The van der Waals surface area contributed by atoms with Gasteiger partial charge in [-0.25, -0.2) is 0 Å². The van der Waals surface area contributed by atoms with Crippen LogP contribution >= 0.6 is 0 Å². The summed E-state index contributed by atoms with van der Waals surface area (Å²) in [4.78, 5) is 0. The number of aryl methyl sites for hydroxylation is 3. The van der Waals surface area contributed by atoms with Crippen molar-refractivity contribution in [2.24, 2.45) is 0 Å². The SMILES string of the molecule is C=C(C)\C=C/C1=c2\ccc(C)c\c2=c2/cc(C)cc/c2=c2\ccc(C)c\c2=C\1C. The van der Waals surface area contributed by atoms with Gasteiger partial charge in [-0.15, -0.1) is 0 Å². The van der Waals surface area contributed by atoms with Crippen LogP contribution in [0.25, 0.3) is 11.1 Å². The molecule has 1 aliphatic carbocycles. The summed E-state index contributed by atoms with van der Waals surface area (Å²) in [6.45, 7) is 14.9. The lowest BCUT2D eigenvalue weighted by Crippen LogP contribution is -2.17. The van der Waals surface area contributed by atoms with Gasteiger partial charge in [0.2, 0.25) is 0 Å². The van der Waals surface area contributed by atoms with Gasteiger partial charge in [-0.05, 0) is 77.1 Å². The second kappa shape index (κ2) is 7.37. The fourth-order valence-corrected chi connectivity index (χ4v) is 4.22. The highest BCUT2D eigenvalue weighted by molar-refractivity contribution is 5.93. The van der Waals surface area contributed by atoms with Crippen molar-refractivity contribution in [2.45, 2.75) is 34.6 Å². The molecule has 29 heavy (non-hydrogen) atoms. The lowest BCUT2D eigenvalue weighted by molar-refractivity contribution is 1.28. The van der Waals surface area contributed by atoms with Crippen LogP contribution in [0.4, 0.5) is 0 Å². The Labute approximate surface area is 172 Å². The van der Waals surface area contributed by atoms with Crippen molar-refractivity contribution in [3.8, 4) is 0 Å². The van der Waals surface area contributed by atoms with E-state index in [1.165, 1.54) is 59.1 Å². The summed E-state index contributed by atoms with van der Waals surface area (Å²) >= 11 is 0. The van der Waals surface area contributed by atoms with E-state index in [-0.39, 0.29) is 0 Å². The molecule has 0 aliphatic heterocycles. The van der Waals surface area contributed by atoms with Crippen molar-refractivity contribution in [1.29, 1.82) is 0 Å². The number of allylic oxidation sites excluding steroid dienone is 3. The highest BCUT2D eigenvalue weighted by Gasteiger charge is 2.07. The highest BCUT2D eigenvalue weighted by Crippen LogP contribution is 2.16. The maximum absolute atomic E-state index is 4.07. The largest absolute Gasteiger partial charge is 0.0961 e. The van der Waals surface area contributed by atoms with Gasteiger partial charge in [-0.1, -0.05) is 95.6 Å². The quantitative estimate of drug-likeness (QED) is 0.507. The maximum atomic E-state index is 4.07. The molecule has 0 radical (unpaired) electrons. The van der Waals surface area contributed by atoms with E-state index in [9.17, 15) is 0 Å². The standard InChI is InChI=1S/C29H28/c1-18(2)7-11-23-22(6)27-15-19(3)9-13-25(27)26-14-10-21(5)17-29(26)28-16-20(4)8-12-24(23)28/h7-17H,1H2,2-6H3/b11-7-,23-22?,24-23-,26-25-,27-22-,29-28-. The summed E-state index contributed by atoms with van der Waals surface area (Å²) in [6.07, 6.45) is 4.36. The Morgan fingerprint density at radius 3 is 1.62 bits per heavy atom. The van der Waals surface area contributed by atoms with E-state index in [1.54, 1.807) is 0 Å². The lowest BCUT2D eigenvalue weighted by atomic mass is 9.93. The predicted octanol–water partition coefficient (Wildman–Crippen LogP) is 5.65. The molecule has 0 heterocycles. The van der Waals surface area contributed by atoms with Crippen LogP contribution < -0.4 is 10.4 Å². The summed E-state index contributed by atoms with van der Waals surface area (Å²) < 4.78 is 0. The third-order valence-corrected chi connectivity index (χ3v) is 5.74. The topological polar surface area (TPSA) is 0 Å². The second-order valence-corrected chi connectivity index (χ2v) is 8.37. The van der Waals surface area contributed by atoms with Crippen LogP contribution in [0.2, 0.25) is 0 Å². The molecule has 0 heteroatoms. The van der Waals surface area contributed by atoms with Gasteiger partial charge in [0.25, 0.3) is 0 Å². The molecule has 0 atom stereocenters. The van der Waals surface area contributed by atoms with E-state index in [0.717, 1.165) is 5.57 Å². The normalized spacial score (nSPS) is 19.1. The van der Waals surface area contributed by atoms with Crippen LogP contribution in [0.1, 0.15) is 30.5 Å². The molecular formula is C29H28. The first-order chi connectivity index (χ1) is 13.8. The summed E-state index contributed by atoms with van der Waals surface area (Å²) in [5, 5.41) is 7.81. The van der Waals surface area contributed by atoms with Gasteiger partial charge in [0, 0.05) is 0 Å². The number of fused-ring (bicyclic) bond motifs is 3. The van der Waals surface area contributed by atoms with Crippen LogP contribution in [0.5, 0.6) is 0 Å². The summed E-state index contributed by atoms with van der Waals surface area (Å²) in [6, 6.07) is 20.5. The van der Waals surface area contributed by atoms with Gasteiger partial charge in [-0.2, -0.15) is 0 Å². The van der Waals surface area contributed by atoms with E-state index in [0.29, 0.717) is 0 Å². The first-order valence-electron chi connectivity index (χ1n) is 10.2. The molecular weight excluding hydrogens is 348 g/mol. The molecule has 4 rings (SSSR count). The van der Waals surface area contributed by atoms with E-state index in [2.05, 4.69) is 101 Å². The molecule has 0 N–H and O–H groups in total. The predicted molar refractivity (Wildman–Crippen MR) is 125 cm³/mol. The van der Waals surface area contributed by atoms with E-state index >= 15 is 0 Å². The third kappa shape index (κ3) is 3.51. The zero-order valence-corrected chi connectivity index (χ0v) is 18.1. The molecule has 0 bridgehead atoms. The van der Waals surface area contributed by atoms with Crippen LogP contribution in [0.3, 0.4) is 0 Å². The van der Waals surface area contributed by atoms with Crippen LogP contribution in [-0.2, 0) is 0 Å². The fraction of sp³-hybridized carbons (Fsp3) is 0.172. The zero-order chi connectivity index (χ0) is 20.7. The van der Waals surface area contributed by atoms with Crippen molar-refractivity contribution in [3.63, 3.8) is 0 Å². The minimum atomic E-state index is 1.06. The van der Waals surface area contributed by atoms with Gasteiger partial charge in [-0.3, -0.25) is 0 Å². The van der Waals surface area contributed by atoms with Crippen molar-refractivity contribution in [2.75, 3.05) is 0 Å². The van der Waals surface area contributed by atoms with E-state index in [1.807, 2.05) is 6.92 Å².